The second-order valence-electron chi connectivity index (χ2n) is 5.53. The summed E-state index contributed by atoms with van der Waals surface area (Å²) in [5, 5.41) is 0.861. The molecule has 6 nitrogen and oxygen atoms in total. The molecule has 1 fully saturated rings. The van der Waals surface area contributed by atoms with Crippen LogP contribution in [0.4, 0.5) is 4.79 Å². The van der Waals surface area contributed by atoms with Crippen LogP contribution in [0.15, 0.2) is 12.0 Å². The van der Waals surface area contributed by atoms with Gasteiger partial charge in [-0.2, -0.15) is 0 Å². The van der Waals surface area contributed by atoms with Gasteiger partial charge in [-0.1, -0.05) is 6.58 Å². The fourth-order valence-electron chi connectivity index (χ4n) is 1.88. The predicted molar refractivity (Wildman–Crippen MR) is 73.1 cm³/mol. The number of carbonyl (C=O) groups excluding carboxylic acids is 1. The fraction of sp³-hybridized carbons (Fsp3) is 0.750. The van der Waals surface area contributed by atoms with Gasteiger partial charge in [0, 0.05) is 24.5 Å². The van der Waals surface area contributed by atoms with Crippen LogP contribution in [-0.4, -0.2) is 44.1 Å². The Morgan fingerprint density at radius 3 is 2.68 bits per heavy atom. The Morgan fingerprint density at radius 1 is 1.53 bits per heavy atom. The van der Waals surface area contributed by atoms with E-state index in [0.29, 0.717) is 6.54 Å². The highest BCUT2D eigenvalue weighted by molar-refractivity contribution is 7.92. The molecule has 0 aromatic heterocycles. The minimum absolute atomic E-state index is 0.162. The van der Waals surface area contributed by atoms with Crippen molar-refractivity contribution < 1.29 is 17.9 Å². The van der Waals surface area contributed by atoms with Gasteiger partial charge in [0.15, 0.2) is 0 Å². The number of sulfonamides is 1. The lowest BCUT2D eigenvalue weighted by molar-refractivity contribution is 0.0230. The Labute approximate surface area is 114 Å². The molecule has 19 heavy (non-hydrogen) atoms. The Balaban J connectivity index is 2.59. The summed E-state index contributed by atoms with van der Waals surface area (Å²) >= 11 is 0. The summed E-state index contributed by atoms with van der Waals surface area (Å²) < 4.78 is 30.3. The van der Waals surface area contributed by atoms with Crippen LogP contribution in [0.25, 0.3) is 0 Å². The molecule has 0 spiro atoms. The maximum atomic E-state index is 12.0. The Bertz CT molecular complexity index is 439. The van der Waals surface area contributed by atoms with Crippen molar-refractivity contribution in [3.63, 3.8) is 0 Å². The molecule has 1 aliphatic heterocycles. The lowest BCUT2D eigenvalue weighted by Crippen LogP contribution is -2.44. The first-order valence-corrected chi connectivity index (χ1v) is 7.81. The first kappa shape index (κ1) is 16.0. The summed E-state index contributed by atoms with van der Waals surface area (Å²) in [5.41, 5.74) is -0.551. The molecule has 0 radical (unpaired) electrons. The Kier molecular flexibility index (Phi) is 4.98. The zero-order valence-electron chi connectivity index (χ0n) is 11.7. The summed E-state index contributed by atoms with van der Waals surface area (Å²) in [4.78, 5) is 13.6. The molecule has 1 aliphatic rings. The lowest BCUT2D eigenvalue weighted by atomic mass is 10.2. The molecular weight excluding hydrogens is 268 g/mol. The number of rotatable bonds is 4. The minimum Gasteiger partial charge on any atom is -0.444 e. The predicted octanol–water partition coefficient (Wildman–Crippen LogP) is 1.45. The van der Waals surface area contributed by atoms with Crippen LogP contribution in [0, 0.1) is 0 Å². The number of hydrogen-bond donors (Lipinski definition) is 1. The molecule has 1 N–H and O–H groups in total. The zero-order chi connectivity index (χ0) is 14.7. The van der Waals surface area contributed by atoms with E-state index in [0.717, 1.165) is 18.2 Å². The SMILES string of the molecule is C=CS(=O)(=O)NC[C@H]1CCCN1C(=O)OC(C)(C)C. The maximum Gasteiger partial charge on any atom is 0.410 e. The summed E-state index contributed by atoms with van der Waals surface area (Å²) in [6.07, 6.45) is 1.21. The van der Waals surface area contributed by atoms with Crippen LogP contribution in [0.2, 0.25) is 0 Å². The van der Waals surface area contributed by atoms with Crippen molar-refractivity contribution in [2.24, 2.45) is 0 Å². The van der Waals surface area contributed by atoms with Gasteiger partial charge in [-0.25, -0.2) is 17.9 Å². The van der Waals surface area contributed by atoms with Gasteiger partial charge in [0.25, 0.3) is 0 Å². The Morgan fingerprint density at radius 2 is 2.16 bits per heavy atom. The highest BCUT2D eigenvalue weighted by Gasteiger charge is 2.32. The van der Waals surface area contributed by atoms with Gasteiger partial charge < -0.3 is 9.64 Å². The van der Waals surface area contributed by atoms with Crippen molar-refractivity contribution in [2.75, 3.05) is 13.1 Å². The molecule has 1 heterocycles. The van der Waals surface area contributed by atoms with Crippen LogP contribution in [0.1, 0.15) is 33.6 Å². The van der Waals surface area contributed by atoms with E-state index in [-0.39, 0.29) is 12.6 Å². The van der Waals surface area contributed by atoms with Crippen LogP contribution >= 0.6 is 0 Å². The quantitative estimate of drug-likeness (QED) is 0.850. The molecule has 1 rings (SSSR count). The highest BCUT2D eigenvalue weighted by Crippen LogP contribution is 2.20. The normalized spacial score (nSPS) is 20.4. The van der Waals surface area contributed by atoms with Gasteiger partial charge in [-0.15, -0.1) is 0 Å². The fourth-order valence-corrected chi connectivity index (χ4v) is 2.42. The molecule has 0 unspecified atom stereocenters. The summed E-state index contributed by atoms with van der Waals surface area (Å²) in [6, 6.07) is -0.162. The second-order valence-corrected chi connectivity index (χ2v) is 7.24. The number of hydrogen-bond acceptors (Lipinski definition) is 4. The molecule has 1 saturated heterocycles. The zero-order valence-corrected chi connectivity index (χ0v) is 12.5. The van der Waals surface area contributed by atoms with E-state index in [9.17, 15) is 13.2 Å². The third kappa shape index (κ3) is 5.20. The number of likely N-dealkylation sites (tertiary alicyclic amines) is 1. The van der Waals surface area contributed by atoms with E-state index in [2.05, 4.69) is 11.3 Å². The third-order valence-corrected chi connectivity index (χ3v) is 3.75. The number of ether oxygens (including phenoxy) is 1. The van der Waals surface area contributed by atoms with Crippen molar-refractivity contribution in [2.45, 2.75) is 45.3 Å². The number of carbonyl (C=O) groups is 1. The topological polar surface area (TPSA) is 75.7 Å². The van der Waals surface area contributed by atoms with Gasteiger partial charge in [0.05, 0.1) is 0 Å². The molecule has 1 amide bonds. The molecule has 1 atom stereocenters. The molecular formula is C12H22N2O4S. The van der Waals surface area contributed by atoms with Crippen molar-refractivity contribution in [1.29, 1.82) is 0 Å². The second kappa shape index (κ2) is 5.92. The standard InChI is InChI=1S/C12H22N2O4S/c1-5-19(16,17)13-9-10-7-6-8-14(10)11(15)18-12(2,3)4/h5,10,13H,1,6-9H2,2-4H3/t10-/m1/s1. The largest absolute Gasteiger partial charge is 0.444 e. The molecule has 0 aromatic carbocycles. The first-order chi connectivity index (χ1) is 8.64. The molecule has 7 heteroatoms. The minimum atomic E-state index is -3.46. The maximum absolute atomic E-state index is 12.0. The third-order valence-electron chi connectivity index (χ3n) is 2.74. The molecule has 110 valence electrons. The van der Waals surface area contributed by atoms with Crippen molar-refractivity contribution in [1.82, 2.24) is 9.62 Å². The molecule has 0 saturated carbocycles. The molecule has 0 aliphatic carbocycles. The number of amides is 1. The van der Waals surface area contributed by atoms with E-state index >= 15 is 0 Å². The van der Waals surface area contributed by atoms with Crippen molar-refractivity contribution in [3.05, 3.63) is 12.0 Å². The van der Waals surface area contributed by atoms with E-state index in [4.69, 9.17) is 4.74 Å². The molecule has 0 aromatic rings. The van der Waals surface area contributed by atoms with Gasteiger partial charge >= 0.3 is 6.09 Å². The number of nitrogens with one attached hydrogen (secondary N) is 1. The van der Waals surface area contributed by atoms with Crippen molar-refractivity contribution in [3.8, 4) is 0 Å². The summed E-state index contributed by atoms with van der Waals surface area (Å²) in [7, 11) is -3.46. The van der Waals surface area contributed by atoms with Crippen molar-refractivity contribution >= 4 is 16.1 Å². The van der Waals surface area contributed by atoms with E-state index in [1.165, 1.54) is 0 Å². The lowest BCUT2D eigenvalue weighted by Gasteiger charge is -2.28. The smallest absolute Gasteiger partial charge is 0.410 e. The average molecular weight is 290 g/mol. The van der Waals surface area contributed by atoms with Crippen LogP contribution in [0.5, 0.6) is 0 Å². The highest BCUT2D eigenvalue weighted by atomic mass is 32.2. The average Bonchev–Trinajstić information content (AvgIpc) is 2.72. The van der Waals surface area contributed by atoms with E-state index < -0.39 is 21.7 Å². The molecule has 0 bridgehead atoms. The van der Waals surface area contributed by atoms with Gasteiger partial charge in [0.2, 0.25) is 10.0 Å². The number of nitrogens with zero attached hydrogens (tertiary/aromatic N) is 1. The van der Waals surface area contributed by atoms with Gasteiger partial charge in [-0.3, -0.25) is 0 Å². The monoisotopic (exact) mass is 290 g/mol. The van der Waals surface area contributed by atoms with Gasteiger partial charge in [-0.05, 0) is 33.6 Å². The van der Waals surface area contributed by atoms with E-state index in [1.54, 1.807) is 25.7 Å². The Hall–Kier alpha value is -1.08. The van der Waals surface area contributed by atoms with Crippen LogP contribution in [0.3, 0.4) is 0 Å². The van der Waals surface area contributed by atoms with Crippen LogP contribution in [-0.2, 0) is 14.8 Å². The summed E-state index contributed by atoms with van der Waals surface area (Å²) in [5.74, 6) is 0. The van der Waals surface area contributed by atoms with Gasteiger partial charge in [0.1, 0.15) is 5.60 Å². The summed E-state index contributed by atoms with van der Waals surface area (Å²) in [6.45, 7) is 9.41. The van der Waals surface area contributed by atoms with E-state index in [1.807, 2.05) is 0 Å². The van der Waals surface area contributed by atoms with Crippen LogP contribution < -0.4 is 4.72 Å². The first-order valence-electron chi connectivity index (χ1n) is 6.26.